The Kier molecular flexibility index (Phi) is 3.95. The standard InChI is InChI=1S/C14H20N2O3/c1-9-4-5-13(19-3)11(6-9)16-7-10(2)15-14(18)12(16)8-17/h4-6,10,12,17H,7-8H2,1-3H3,(H,15,18). The molecular weight excluding hydrogens is 244 g/mol. The molecule has 0 radical (unpaired) electrons. The van der Waals surface area contributed by atoms with Crippen LogP contribution in [-0.2, 0) is 4.79 Å². The SMILES string of the molecule is COc1ccc(C)cc1N1CC(C)NC(=O)C1CO. The molecule has 0 aromatic heterocycles. The van der Waals surface area contributed by atoms with E-state index >= 15 is 0 Å². The lowest BCUT2D eigenvalue weighted by atomic mass is 10.1. The molecule has 0 bridgehead atoms. The molecule has 2 N–H and O–H groups in total. The van der Waals surface area contributed by atoms with Gasteiger partial charge in [0.15, 0.2) is 0 Å². The number of aliphatic hydroxyl groups excluding tert-OH is 1. The van der Waals surface area contributed by atoms with E-state index in [1.54, 1.807) is 7.11 Å². The minimum absolute atomic E-state index is 0.0421. The zero-order chi connectivity index (χ0) is 14.0. The molecule has 1 aromatic carbocycles. The Balaban J connectivity index is 2.42. The second-order valence-electron chi connectivity index (χ2n) is 4.94. The first-order valence-electron chi connectivity index (χ1n) is 6.39. The third-order valence-corrected chi connectivity index (χ3v) is 3.35. The van der Waals surface area contributed by atoms with Gasteiger partial charge in [-0.15, -0.1) is 0 Å². The van der Waals surface area contributed by atoms with E-state index in [1.807, 2.05) is 36.9 Å². The van der Waals surface area contributed by atoms with Gasteiger partial charge in [-0.05, 0) is 31.5 Å². The largest absolute Gasteiger partial charge is 0.495 e. The lowest BCUT2D eigenvalue weighted by molar-refractivity contribution is -0.125. The molecule has 0 spiro atoms. The Morgan fingerprint density at radius 1 is 1.53 bits per heavy atom. The van der Waals surface area contributed by atoms with E-state index in [1.165, 1.54) is 0 Å². The monoisotopic (exact) mass is 264 g/mol. The van der Waals surface area contributed by atoms with Crippen LogP contribution in [0.2, 0.25) is 0 Å². The Bertz CT molecular complexity index is 476. The zero-order valence-electron chi connectivity index (χ0n) is 11.5. The van der Waals surface area contributed by atoms with Gasteiger partial charge >= 0.3 is 0 Å². The molecule has 0 aliphatic carbocycles. The van der Waals surface area contributed by atoms with Crippen molar-refractivity contribution < 1.29 is 14.6 Å². The van der Waals surface area contributed by atoms with Crippen LogP contribution in [0.15, 0.2) is 18.2 Å². The highest BCUT2D eigenvalue weighted by atomic mass is 16.5. The molecule has 104 valence electrons. The van der Waals surface area contributed by atoms with Crippen LogP contribution in [0.4, 0.5) is 5.69 Å². The maximum absolute atomic E-state index is 12.0. The molecule has 1 heterocycles. The predicted octanol–water partition coefficient (Wildman–Crippen LogP) is 0.689. The number of carbonyl (C=O) groups is 1. The summed E-state index contributed by atoms with van der Waals surface area (Å²) in [6, 6.07) is 5.31. The Labute approximate surface area is 113 Å². The molecule has 2 unspecified atom stereocenters. The summed E-state index contributed by atoms with van der Waals surface area (Å²) in [5.41, 5.74) is 1.94. The lowest BCUT2D eigenvalue weighted by Crippen LogP contribution is -2.60. The van der Waals surface area contributed by atoms with Crippen LogP contribution in [0.5, 0.6) is 5.75 Å². The van der Waals surface area contributed by atoms with Crippen LogP contribution in [-0.4, -0.2) is 43.4 Å². The van der Waals surface area contributed by atoms with Crippen LogP contribution in [0, 0.1) is 6.92 Å². The number of carbonyl (C=O) groups excluding carboxylic acids is 1. The second-order valence-corrected chi connectivity index (χ2v) is 4.94. The average Bonchev–Trinajstić information content (AvgIpc) is 2.37. The first-order chi connectivity index (χ1) is 9.06. The quantitative estimate of drug-likeness (QED) is 0.843. The fourth-order valence-corrected chi connectivity index (χ4v) is 2.42. The Morgan fingerprint density at radius 2 is 2.26 bits per heavy atom. The number of nitrogens with zero attached hydrogens (tertiary/aromatic N) is 1. The molecule has 0 saturated carbocycles. The van der Waals surface area contributed by atoms with Crippen molar-refractivity contribution in [3.05, 3.63) is 23.8 Å². The Hall–Kier alpha value is -1.75. The number of amides is 1. The number of anilines is 1. The topological polar surface area (TPSA) is 61.8 Å². The number of aliphatic hydroxyl groups is 1. The van der Waals surface area contributed by atoms with Crippen molar-refractivity contribution in [2.75, 3.05) is 25.2 Å². The van der Waals surface area contributed by atoms with Gasteiger partial charge in [0.2, 0.25) is 5.91 Å². The third-order valence-electron chi connectivity index (χ3n) is 3.35. The highest BCUT2D eigenvalue weighted by Gasteiger charge is 2.33. The number of nitrogens with one attached hydrogen (secondary N) is 1. The van der Waals surface area contributed by atoms with Crippen LogP contribution in [0.1, 0.15) is 12.5 Å². The number of hydrogen-bond donors (Lipinski definition) is 2. The maximum atomic E-state index is 12.0. The van der Waals surface area contributed by atoms with Crippen molar-refractivity contribution in [3.63, 3.8) is 0 Å². The van der Waals surface area contributed by atoms with E-state index in [0.29, 0.717) is 12.3 Å². The van der Waals surface area contributed by atoms with Crippen molar-refractivity contribution in [2.24, 2.45) is 0 Å². The van der Waals surface area contributed by atoms with Gasteiger partial charge in [-0.25, -0.2) is 0 Å². The normalized spacial score (nSPS) is 23.2. The molecule has 1 aromatic rings. The van der Waals surface area contributed by atoms with E-state index in [0.717, 1.165) is 11.3 Å². The molecule has 19 heavy (non-hydrogen) atoms. The summed E-state index contributed by atoms with van der Waals surface area (Å²) in [7, 11) is 1.61. The van der Waals surface area contributed by atoms with Gasteiger partial charge in [0.05, 0.1) is 19.4 Å². The van der Waals surface area contributed by atoms with Crippen molar-refractivity contribution in [3.8, 4) is 5.75 Å². The fourth-order valence-electron chi connectivity index (χ4n) is 2.42. The summed E-state index contributed by atoms with van der Waals surface area (Å²) in [6.45, 7) is 4.37. The number of piperazine rings is 1. The number of hydrogen-bond acceptors (Lipinski definition) is 4. The fraction of sp³-hybridized carbons (Fsp3) is 0.500. The van der Waals surface area contributed by atoms with Crippen LogP contribution in [0.25, 0.3) is 0 Å². The van der Waals surface area contributed by atoms with E-state index < -0.39 is 6.04 Å². The van der Waals surface area contributed by atoms with Crippen LogP contribution in [0.3, 0.4) is 0 Å². The van der Waals surface area contributed by atoms with Crippen molar-refractivity contribution in [2.45, 2.75) is 25.9 Å². The summed E-state index contributed by atoms with van der Waals surface area (Å²) in [5, 5.41) is 12.3. The number of benzene rings is 1. The van der Waals surface area contributed by atoms with Crippen LogP contribution >= 0.6 is 0 Å². The smallest absolute Gasteiger partial charge is 0.245 e. The highest BCUT2D eigenvalue weighted by molar-refractivity contribution is 5.87. The highest BCUT2D eigenvalue weighted by Crippen LogP contribution is 2.31. The first-order valence-corrected chi connectivity index (χ1v) is 6.39. The number of methoxy groups -OCH3 is 1. The van der Waals surface area contributed by atoms with Gasteiger partial charge in [-0.2, -0.15) is 0 Å². The molecule has 5 nitrogen and oxygen atoms in total. The zero-order valence-corrected chi connectivity index (χ0v) is 11.5. The molecule has 1 aliphatic rings. The lowest BCUT2D eigenvalue weighted by Gasteiger charge is -2.39. The van der Waals surface area contributed by atoms with Gasteiger partial charge in [-0.3, -0.25) is 4.79 Å². The summed E-state index contributed by atoms with van der Waals surface area (Å²) in [6.07, 6.45) is 0. The second kappa shape index (κ2) is 5.48. The third kappa shape index (κ3) is 2.66. The van der Waals surface area contributed by atoms with Crippen molar-refractivity contribution >= 4 is 11.6 Å². The van der Waals surface area contributed by atoms with E-state index in [-0.39, 0.29) is 18.6 Å². The van der Waals surface area contributed by atoms with E-state index in [4.69, 9.17) is 4.74 Å². The van der Waals surface area contributed by atoms with Gasteiger partial charge in [-0.1, -0.05) is 6.07 Å². The molecular formula is C14H20N2O3. The van der Waals surface area contributed by atoms with E-state index in [9.17, 15) is 9.90 Å². The van der Waals surface area contributed by atoms with Crippen molar-refractivity contribution in [1.82, 2.24) is 5.32 Å². The van der Waals surface area contributed by atoms with Gasteiger partial charge in [0.1, 0.15) is 11.8 Å². The van der Waals surface area contributed by atoms with E-state index in [2.05, 4.69) is 5.32 Å². The summed E-state index contributed by atoms with van der Waals surface area (Å²) < 4.78 is 5.36. The van der Waals surface area contributed by atoms with Gasteiger partial charge in [0.25, 0.3) is 0 Å². The number of ether oxygens (including phenoxy) is 1. The van der Waals surface area contributed by atoms with Crippen molar-refractivity contribution in [1.29, 1.82) is 0 Å². The van der Waals surface area contributed by atoms with Gasteiger partial charge in [0, 0.05) is 12.6 Å². The number of aryl methyl sites for hydroxylation is 1. The summed E-state index contributed by atoms with van der Waals surface area (Å²) in [4.78, 5) is 13.9. The molecule has 2 atom stereocenters. The molecule has 1 saturated heterocycles. The average molecular weight is 264 g/mol. The minimum atomic E-state index is -0.563. The maximum Gasteiger partial charge on any atom is 0.245 e. The molecule has 2 rings (SSSR count). The molecule has 1 aliphatic heterocycles. The minimum Gasteiger partial charge on any atom is -0.495 e. The summed E-state index contributed by atoms with van der Waals surface area (Å²) in [5.74, 6) is 0.566. The molecule has 1 amide bonds. The predicted molar refractivity (Wildman–Crippen MR) is 73.6 cm³/mol. The molecule has 5 heteroatoms. The first kappa shape index (κ1) is 13.7. The molecule has 1 fully saturated rings. The Morgan fingerprint density at radius 3 is 2.89 bits per heavy atom. The summed E-state index contributed by atoms with van der Waals surface area (Å²) >= 11 is 0. The van der Waals surface area contributed by atoms with Crippen LogP contribution < -0.4 is 15.0 Å². The van der Waals surface area contributed by atoms with Gasteiger partial charge < -0.3 is 20.1 Å². The number of rotatable bonds is 3.